The number of halogens is 2. The first-order valence-corrected chi connectivity index (χ1v) is 8.82. The van der Waals surface area contributed by atoms with Gasteiger partial charge >= 0.3 is 0 Å². The maximum Gasteiger partial charge on any atom is 0.256 e. The quantitative estimate of drug-likeness (QED) is 0.736. The number of benzene rings is 2. The molecule has 1 aliphatic rings. The molecule has 0 radical (unpaired) electrons. The lowest BCUT2D eigenvalue weighted by Gasteiger charge is -2.34. The minimum Gasteiger partial charge on any atom is -0.373 e. The molecule has 2 aromatic carbocycles. The van der Waals surface area contributed by atoms with Crippen LogP contribution in [0.5, 0.6) is 0 Å². The Bertz CT molecular complexity index is 1140. The van der Waals surface area contributed by atoms with Crippen LogP contribution in [0.4, 0.5) is 8.78 Å². The predicted molar refractivity (Wildman–Crippen MR) is 100 cm³/mol. The summed E-state index contributed by atoms with van der Waals surface area (Å²) in [7, 11) is 1.63. The van der Waals surface area contributed by atoms with Crippen LogP contribution in [0.15, 0.2) is 41.2 Å². The molecule has 2 heterocycles. The molecule has 7 heteroatoms. The van der Waals surface area contributed by atoms with Crippen molar-refractivity contribution in [3.63, 3.8) is 0 Å². The number of H-pyrrole nitrogens is 1. The third kappa shape index (κ3) is 2.97. The van der Waals surface area contributed by atoms with Crippen molar-refractivity contribution < 1.29 is 18.3 Å². The van der Waals surface area contributed by atoms with E-state index < -0.39 is 23.2 Å². The fraction of sp³-hybridized carbons (Fsp3) is 0.238. The predicted octanol–water partition coefficient (Wildman–Crippen LogP) is 3.46. The van der Waals surface area contributed by atoms with Gasteiger partial charge in [-0.05, 0) is 36.6 Å². The summed E-state index contributed by atoms with van der Waals surface area (Å²) >= 11 is 0. The summed E-state index contributed by atoms with van der Waals surface area (Å²) in [5.74, 6) is -2.37. The minimum atomic E-state index is -1.09. The molecule has 1 atom stereocenters. The van der Waals surface area contributed by atoms with Crippen LogP contribution >= 0.6 is 0 Å². The van der Waals surface area contributed by atoms with Gasteiger partial charge in [0.05, 0.1) is 24.6 Å². The van der Waals surface area contributed by atoms with Gasteiger partial charge < -0.3 is 14.6 Å². The van der Waals surface area contributed by atoms with E-state index in [0.29, 0.717) is 16.8 Å². The molecular formula is C21H18F2N2O3. The first kappa shape index (κ1) is 18.3. The standard InChI is InChI=1S/C21H18F2N2O3/c1-11-3-5-12(6-4-11)21(27)25(2)18-10-28-9-17-19(18)13-7-15(22)16(23)8-14(13)20(26)24-17/h3-8,18H,9-10H2,1-2H3,(H,24,26)/t18-/m1/s1. The summed E-state index contributed by atoms with van der Waals surface area (Å²) < 4.78 is 33.2. The number of rotatable bonds is 2. The zero-order chi connectivity index (χ0) is 20.0. The molecule has 3 aromatic rings. The number of likely N-dealkylation sites (N-methyl/N-ethyl adjacent to an activating group) is 1. The van der Waals surface area contributed by atoms with Gasteiger partial charge in [-0.25, -0.2) is 8.78 Å². The Kier molecular flexibility index (Phi) is 4.47. The highest BCUT2D eigenvalue weighted by molar-refractivity contribution is 5.95. The first-order chi connectivity index (χ1) is 13.4. The molecule has 1 amide bonds. The average Bonchev–Trinajstić information content (AvgIpc) is 2.68. The van der Waals surface area contributed by atoms with Crippen LogP contribution in [0.25, 0.3) is 10.8 Å². The van der Waals surface area contributed by atoms with Gasteiger partial charge in [0.15, 0.2) is 11.6 Å². The molecular weight excluding hydrogens is 366 g/mol. The number of aryl methyl sites for hydroxylation is 1. The van der Waals surface area contributed by atoms with E-state index >= 15 is 0 Å². The zero-order valence-electron chi connectivity index (χ0n) is 15.4. The van der Waals surface area contributed by atoms with E-state index in [9.17, 15) is 18.4 Å². The van der Waals surface area contributed by atoms with Crippen LogP contribution in [0.2, 0.25) is 0 Å². The summed E-state index contributed by atoms with van der Waals surface area (Å²) in [6.07, 6.45) is 0. The number of nitrogens with one attached hydrogen (secondary N) is 1. The van der Waals surface area contributed by atoms with Crippen LogP contribution in [0.3, 0.4) is 0 Å². The smallest absolute Gasteiger partial charge is 0.256 e. The number of nitrogens with zero attached hydrogens (tertiary/aromatic N) is 1. The van der Waals surface area contributed by atoms with E-state index in [0.717, 1.165) is 17.7 Å². The lowest BCUT2D eigenvalue weighted by atomic mass is 9.95. The molecule has 28 heavy (non-hydrogen) atoms. The van der Waals surface area contributed by atoms with Crippen LogP contribution in [0, 0.1) is 18.6 Å². The number of hydrogen-bond acceptors (Lipinski definition) is 3. The van der Waals surface area contributed by atoms with Gasteiger partial charge in [-0.1, -0.05) is 17.7 Å². The van der Waals surface area contributed by atoms with Crippen molar-refractivity contribution in [2.45, 2.75) is 19.6 Å². The Morgan fingerprint density at radius 2 is 1.79 bits per heavy atom. The maximum absolute atomic E-state index is 13.9. The molecule has 0 bridgehead atoms. The van der Waals surface area contributed by atoms with Crippen molar-refractivity contribution in [2.24, 2.45) is 0 Å². The van der Waals surface area contributed by atoms with Gasteiger partial charge in [0, 0.05) is 23.9 Å². The SMILES string of the molecule is Cc1ccc(C(=O)N(C)[C@@H]2COCc3[nH]c(=O)c4cc(F)c(F)cc4c32)cc1. The van der Waals surface area contributed by atoms with Crippen LogP contribution in [-0.4, -0.2) is 29.4 Å². The number of pyridine rings is 1. The third-order valence-electron chi connectivity index (χ3n) is 5.13. The number of carbonyl (C=O) groups is 1. The fourth-order valence-electron chi connectivity index (χ4n) is 3.59. The van der Waals surface area contributed by atoms with Gasteiger partial charge in [-0.3, -0.25) is 9.59 Å². The molecule has 1 aromatic heterocycles. The van der Waals surface area contributed by atoms with Gasteiger partial charge in [0.2, 0.25) is 0 Å². The van der Waals surface area contributed by atoms with Crippen LogP contribution in [0.1, 0.15) is 33.2 Å². The summed E-state index contributed by atoms with van der Waals surface area (Å²) in [6.45, 7) is 2.24. The Labute approximate surface area is 159 Å². The molecule has 0 spiro atoms. The third-order valence-corrected chi connectivity index (χ3v) is 5.13. The molecule has 0 saturated heterocycles. The lowest BCUT2D eigenvalue weighted by molar-refractivity contribution is 0.0335. The topological polar surface area (TPSA) is 62.4 Å². The maximum atomic E-state index is 13.9. The highest BCUT2D eigenvalue weighted by Crippen LogP contribution is 2.34. The highest BCUT2D eigenvalue weighted by atomic mass is 19.2. The van der Waals surface area contributed by atoms with Gasteiger partial charge in [0.1, 0.15) is 0 Å². The number of aromatic nitrogens is 1. The lowest BCUT2D eigenvalue weighted by Crippen LogP contribution is -2.37. The Morgan fingerprint density at radius 1 is 1.14 bits per heavy atom. The fourth-order valence-corrected chi connectivity index (χ4v) is 3.59. The van der Waals surface area contributed by atoms with Crippen molar-refractivity contribution >= 4 is 16.7 Å². The average molecular weight is 384 g/mol. The van der Waals surface area contributed by atoms with Crippen LogP contribution < -0.4 is 5.56 Å². The van der Waals surface area contributed by atoms with Crippen LogP contribution in [-0.2, 0) is 11.3 Å². The molecule has 0 fully saturated rings. The molecule has 0 unspecified atom stereocenters. The first-order valence-electron chi connectivity index (χ1n) is 8.82. The van der Waals surface area contributed by atoms with E-state index in [-0.39, 0.29) is 29.9 Å². The zero-order valence-corrected chi connectivity index (χ0v) is 15.4. The number of carbonyl (C=O) groups excluding carboxylic acids is 1. The number of ether oxygens (including phenoxy) is 1. The monoisotopic (exact) mass is 384 g/mol. The second-order valence-corrected chi connectivity index (χ2v) is 6.97. The molecule has 1 aliphatic heterocycles. The summed E-state index contributed by atoms with van der Waals surface area (Å²) in [5, 5.41) is 0.329. The molecule has 5 nitrogen and oxygen atoms in total. The molecule has 1 N–H and O–H groups in total. The Hall–Kier alpha value is -3.06. The van der Waals surface area contributed by atoms with Crippen molar-refractivity contribution in [1.29, 1.82) is 0 Å². The number of aromatic amines is 1. The summed E-state index contributed by atoms with van der Waals surface area (Å²) in [4.78, 5) is 29.4. The number of hydrogen-bond donors (Lipinski definition) is 1. The highest BCUT2D eigenvalue weighted by Gasteiger charge is 2.31. The van der Waals surface area contributed by atoms with Crippen molar-refractivity contribution in [3.8, 4) is 0 Å². The summed E-state index contributed by atoms with van der Waals surface area (Å²) in [6, 6.07) is 8.51. The second-order valence-electron chi connectivity index (χ2n) is 6.97. The minimum absolute atomic E-state index is 0.0423. The van der Waals surface area contributed by atoms with Crippen molar-refractivity contribution in [2.75, 3.05) is 13.7 Å². The van der Waals surface area contributed by atoms with E-state index in [1.165, 1.54) is 4.90 Å². The van der Waals surface area contributed by atoms with Gasteiger partial charge in [0.25, 0.3) is 11.5 Å². The second kappa shape index (κ2) is 6.83. The molecule has 144 valence electrons. The molecule has 0 aliphatic carbocycles. The van der Waals surface area contributed by atoms with E-state index in [1.54, 1.807) is 19.2 Å². The van der Waals surface area contributed by atoms with E-state index in [2.05, 4.69) is 4.98 Å². The van der Waals surface area contributed by atoms with E-state index in [4.69, 9.17) is 4.74 Å². The Morgan fingerprint density at radius 3 is 2.46 bits per heavy atom. The summed E-state index contributed by atoms with van der Waals surface area (Å²) in [5.41, 5.74) is 2.05. The Balaban J connectivity index is 1.84. The normalized spacial score (nSPS) is 16.1. The largest absolute Gasteiger partial charge is 0.373 e. The molecule has 4 rings (SSSR count). The molecule has 0 saturated carbocycles. The van der Waals surface area contributed by atoms with Gasteiger partial charge in [-0.2, -0.15) is 0 Å². The number of fused-ring (bicyclic) bond motifs is 3. The van der Waals surface area contributed by atoms with Crippen molar-refractivity contribution in [1.82, 2.24) is 9.88 Å². The van der Waals surface area contributed by atoms with Gasteiger partial charge in [-0.15, -0.1) is 0 Å². The van der Waals surface area contributed by atoms with E-state index in [1.807, 2.05) is 19.1 Å². The van der Waals surface area contributed by atoms with Crippen molar-refractivity contribution in [3.05, 3.63) is 80.8 Å². The number of amides is 1.